The molecule has 8 nitrogen and oxygen atoms in total. The quantitative estimate of drug-likeness (QED) is 0.593. The van der Waals surface area contributed by atoms with E-state index >= 15 is 0 Å². The first kappa shape index (κ1) is 17.6. The van der Waals surface area contributed by atoms with Crippen molar-refractivity contribution < 1.29 is 13.3 Å². The fourth-order valence-corrected chi connectivity index (χ4v) is 4.46. The number of halogens is 1. The van der Waals surface area contributed by atoms with Gasteiger partial charge in [0.25, 0.3) is 5.69 Å². The first-order valence-corrected chi connectivity index (χ1v) is 9.30. The zero-order valence-corrected chi connectivity index (χ0v) is 14.7. The number of pyridine rings is 1. The Morgan fingerprint density at radius 3 is 2.32 bits per heavy atom. The Bertz CT molecular complexity index is 884. The van der Waals surface area contributed by atoms with E-state index in [1.165, 1.54) is 16.4 Å². The lowest BCUT2D eigenvalue weighted by atomic mass is 10.3. The molecule has 0 unspecified atom stereocenters. The van der Waals surface area contributed by atoms with Crippen molar-refractivity contribution in [1.82, 2.24) is 9.29 Å². The van der Waals surface area contributed by atoms with E-state index in [0.29, 0.717) is 13.1 Å². The predicted octanol–water partition coefficient (Wildman–Crippen LogP) is 2.15. The van der Waals surface area contributed by atoms with Gasteiger partial charge in [-0.2, -0.15) is 4.31 Å². The number of nitrogens with zero attached hydrogens (tertiary/aromatic N) is 4. The molecule has 0 bridgehead atoms. The number of hydrogen-bond acceptors (Lipinski definition) is 6. The second kappa shape index (κ2) is 6.95. The number of piperazine rings is 1. The highest BCUT2D eigenvalue weighted by molar-refractivity contribution is 7.89. The Morgan fingerprint density at radius 1 is 1.08 bits per heavy atom. The monoisotopic (exact) mass is 382 g/mol. The summed E-state index contributed by atoms with van der Waals surface area (Å²) in [6.07, 6.45) is 3.35. The standard InChI is InChI=1S/C15H15ClN4O4S/c16-12-1-2-15(14(11-12)20(21)22)25(23,24)19-9-7-18(8-10-19)13-3-5-17-6-4-13/h1-6,11H,7-10H2. The summed E-state index contributed by atoms with van der Waals surface area (Å²) in [6.45, 7) is 1.46. The van der Waals surface area contributed by atoms with Crippen LogP contribution < -0.4 is 4.90 Å². The normalized spacial score (nSPS) is 16.0. The van der Waals surface area contributed by atoms with E-state index in [4.69, 9.17) is 11.6 Å². The molecule has 0 radical (unpaired) electrons. The summed E-state index contributed by atoms with van der Waals surface area (Å²) < 4.78 is 26.9. The van der Waals surface area contributed by atoms with Gasteiger partial charge < -0.3 is 4.90 Å². The third-order valence-electron chi connectivity index (χ3n) is 4.00. The minimum Gasteiger partial charge on any atom is -0.369 e. The number of aromatic nitrogens is 1. The maximum Gasteiger partial charge on any atom is 0.290 e. The van der Waals surface area contributed by atoms with Gasteiger partial charge in [-0.25, -0.2) is 8.42 Å². The molecule has 1 saturated heterocycles. The van der Waals surface area contributed by atoms with Gasteiger partial charge in [0.1, 0.15) is 0 Å². The number of rotatable bonds is 4. The summed E-state index contributed by atoms with van der Waals surface area (Å²) in [6, 6.07) is 7.30. The van der Waals surface area contributed by atoms with Gasteiger partial charge in [-0.3, -0.25) is 15.1 Å². The molecular formula is C15H15ClN4O4S. The summed E-state index contributed by atoms with van der Waals surface area (Å²) in [5.41, 5.74) is 0.452. The average Bonchev–Trinajstić information content (AvgIpc) is 2.62. The highest BCUT2D eigenvalue weighted by Gasteiger charge is 2.33. The molecule has 132 valence electrons. The molecule has 0 aliphatic carbocycles. The SMILES string of the molecule is O=[N+]([O-])c1cc(Cl)ccc1S(=O)(=O)N1CCN(c2ccncc2)CC1. The van der Waals surface area contributed by atoms with Crippen molar-refractivity contribution in [3.8, 4) is 0 Å². The van der Waals surface area contributed by atoms with E-state index in [-0.39, 0.29) is 23.0 Å². The summed E-state index contributed by atoms with van der Waals surface area (Å²) in [5.74, 6) is 0. The molecule has 10 heteroatoms. The van der Waals surface area contributed by atoms with Crippen LogP contribution in [0.1, 0.15) is 0 Å². The van der Waals surface area contributed by atoms with Gasteiger partial charge >= 0.3 is 0 Å². The maximum atomic E-state index is 12.8. The molecule has 1 aromatic carbocycles. The summed E-state index contributed by atoms with van der Waals surface area (Å²) in [7, 11) is -3.97. The van der Waals surface area contributed by atoms with Crippen molar-refractivity contribution in [1.29, 1.82) is 0 Å². The summed E-state index contributed by atoms with van der Waals surface area (Å²) >= 11 is 5.76. The molecule has 0 spiro atoms. The average molecular weight is 383 g/mol. The zero-order chi connectivity index (χ0) is 18.0. The number of anilines is 1. The molecule has 2 heterocycles. The molecule has 25 heavy (non-hydrogen) atoms. The van der Waals surface area contributed by atoms with Gasteiger partial charge in [0.2, 0.25) is 10.0 Å². The number of hydrogen-bond donors (Lipinski definition) is 0. The number of sulfonamides is 1. The Hall–Kier alpha value is -2.23. The van der Waals surface area contributed by atoms with Crippen molar-refractivity contribution >= 4 is 33.0 Å². The number of nitro groups is 1. The van der Waals surface area contributed by atoms with Crippen LogP contribution in [0.3, 0.4) is 0 Å². The van der Waals surface area contributed by atoms with E-state index < -0.39 is 20.6 Å². The van der Waals surface area contributed by atoms with Crippen molar-refractivity contribution in [2.45, 2.75) is 4.90 Å². The summed E-state index contributed by atoms with van der Waals surface area (Å²) in [5, 5.41) is 11.3. The second-order valence-corrected chi connectivity index (χ2v) is 7.81. The van der Waals surface area contributed by atoms with Gasteiger partial charge in [0.05, 0.1) is 4.92 Å². The molecule has 1 aliphatic rings. The van der Waals surface area contributed by atoms with E-state index in [1.807, 2.05) is 17.0 Å². The topological polar surface area (TPSA) is 96.6 Å². The van der Waals surface area contributed by atoms with E-state index in [9.17, 15) is 18.5 Å². The van der Waals surface area contributed by atoms with Gasteiger partial charge in [0, 0.05) is 55.3 Å². The molecule has 0 amide bonds. The van der Waals surface area contributed by atoms with Crippen LogP contribution >= 0.6 is 11.6 Å². The first-order valence-electron chi connectivity index (χ1n) is 7.48. The van der Waals surface area contributed by atoms with Crippen molar-refractivity contribution in [3.05, 3.63) is 57.9 Å². The fraction of sp³-hybridized carbons (Fsp3) is 0.267. The zero-order valence-electron chi connectivity index (χ0n) is 13.1. The molecule has 1 aromatic heterocycles. The van der Waals surface area contributed by atoms with E-state index in [2.05, 4.69) is 4.98 Å². The number of nitro benzene ring substituents is 1. The molecule has 1 aliphatic heterocycles. The van der Waals surface area contributed by atoms with Crippen LogP contribution in [0.25, 0.3) is 0 Å². The molecule has 0 atom stereocenters. The van der Waals surface area contributed by atoms with Gasteiger partial charge in [-0.05, 0) is 24.3 Å². The Kier molecular flexibility index (Phi) is 4.89. The van der Waals surface area contributed by atoms with Crippen LogP contribution in [0.2, 0.25) is 5.02 Å². The van der Waals surface area contributed by atoms with Crippen molar-refractivity contribution in [2.24, 2.45) is 0 Å². The lowest BCUT2D eigenvalue weighted by Crippen LogP contribution is -2.48. The fourth-order valence-electron chi connectivity index (χ4n) is 2.73. The third-order valence-corrected chi connectivity index (χ3v) is 6.18. The van der Waals surface area contributed by atoms with Crippen molar-refractivity contribution in [2.75, 3.05) is 31.1 Å². The Balaban J connectivity index is 1.82. The van der Waals surface area contributed by atoms with E-state index in [0.717, 1.165) is 11.8 Å². The highest BCUT2D eigenvalue weighted by atomic mass is 35.5. The molecule has 3 rings (SSSR count). The summed E-state index contributed by atoms with van der Waals surface area (Å²) in [4.78, 5) is 16.1. The third kappa shape index (κ3) is 3.58. The minimum atomic E-state index is -3.97. The molecular weight excluding hydrogens is 368 g/mol. The van der Waals surface area contributed by atoms with E-state index in [1.54, 1.807) is 12.4 Å². The largest absolute Gasteiger partial charge is 0.369 e. The van der Waals surface area contributed by atoms with Gasteiger partial charge in [-0.15, -0.1) is 0 Å². The van der Waals surface area contributed by atoms with Crippen LogP contribution in [0.5, 0.6) is 0 Å². The lowest BCUT2D eigenvalue weighted by Gasteiger charge is -2.35. The lowest BCUT2D eigenvalue weighted by molar-refractivity contribution is -0.387. The first-order chi connectivity index (χ1) is 11.9. The van der Waals surface area contributed by atoms with Crippen molar-refractivity contribution in [3.63, 3.8) is 0 Å². The van der Waals surface area contributed by atoms with Gasteiger partial charge in [0.15, 0.2) is 4.90 Å². The Morgan fingerprint density at radius 2 is 1.72 bits per heavy atom. The predicted molar refractivity (Wildman–Crippen MR) is 93.3 cm³/mol. The van der Waals surface area contributed by atoms with Crippen LogP contribution in [0.4, 0.5) is 11.4 Å². The van der Waals surface area contributed by atoms with Crippen LogP contribution in [-0.4, -0.2) is 48.8 Å². The molecule has 0 saturated carbocycles. The molecule has 1 fully saturated rings. The Labute approximate surface area is 149 Å². The van der Waals surface area contributed by atoms with Crippen LogP contribution in [0, 0.1) is 10.1 Å². The van der Waals surface area contributed by atoms with Crippen LogP contribution in [0.15, 0.2) is 47.6 Å². The molecule has 2 aromatic rings. The second-order valence-electron chi connectivity index (χ2n) is 5.47. The maximum absolute atomic E-state index is 12.8. The minimum absolute atomic E-state index is 0.119. The smallest absolute Gasteiger partial charge is 0.290 e. The molecule has 0 N–H and O–H groups in total. The highest BCUT2D eigenvalue weighted by Crippen LogP contribution is 2.30. The number of benzene rings is 1. The van der Waals surface area contributed by atoms with Gasteiger partial charge in [-0.1, -0.05) is 11.6 Å². The van der Waals surface area contributed by atoms with Crippen LogP contribution in [-0.2, 0) is 10.0 Å².